The van der Waals surface area contributed by atoms with Crippen LogP contribution in [0.2, 0.25) is 0 Å². The first-order valence-corrected chi connectivity index (χ1v) is 9.11. The molecule has 0 atom stereocenters. The fourth-order valence-corrected chi connectivity index (χ4v) is 4.40. The van der Waals surface area contributed by atoms with Gasteiger partial charge in [0.25, 0.3) is 0 Å². The standard InChI is InChI=1S/C15H14FNO2S2/c1-9-12(13-7-10(16)3-5-14(13)17-9)8-11-4-6-15(20-11)21(2,18)19/h3-7,17H,8H2,1-2H3. The van der Waals surface area contributed by atoms with Crippen LogP contribution < -0.4 is 0 Å². The van der Waals surface area contributed by atoms with Crippen LogP contribution in [0.3, 0.4) is 0 Å². The Kier molecular flexibility index (Phi) is 3.37. The lowest BCUT2D eigenvalue weighted by Gasteiger charge is -1.99. The Labute approximate surface area is 126 Å². The first kappa shape index (κ1) is 14.3. The third-order valence-corrected chi connectivity index (χ3v) is 6.34. The zero-order valence-electron chi connectivity index (χ0n) is 11.6. The first-order valence-electron chi connectivity index (χ1n) is 6.40. The zero-order valence-corrected chi connectivity index (χ0v) is 13.2. The summed E-state index contributed by atoms with van der Waals surface area (Å²) in [7, 11) is -3.17. The molecule has 1 N–H and O–H groups in total. The van der Waals surface area contributed by atoms with Crippen molar-refractivity contribution in [1.29, 1.82) is 0 Å². The van der Waals surface area contributed by atoms with E-state index in [0.29, 0.717) is 10.6 Å². The molecular formula is C15H14FNO2S2. The van der Waals surface area contributed by atoms with Gasteiger partial charge < -0.3 is 4.98 Å². The van der Waals surface area contributed by atoms with E-state index in [9.17, 15) is 12.8 Å². The predicted octanol–water partition coefficient (Wildman–Crippen LogP) is 3.67. The Hall–Kier alpha value is -1.66. The van der Waals surface area contributed by atoms with Gasteiger partial charge in [0.1, 0.15) is 10.0 Å². The first-order chi connectivity index (χ1) is 9.84. The fourth-order valence-electron chi connectivity index (χ4n) is 2.41. The summed E-state index contributed by atoms with van der Waals surface area (Å²) in [4.78, 5) is 4.18. The molecule has 0 saturated carbocycles. The van der Waals surface area contributed by atoms with Gasteiger partial charge in [0, 0.05) is 34.2 Å². The maximum atomic E-state index is 13.4. The lowest BCUT2D eigenvalue weighted by Crippen LogP contribution is -1.92. The van der Waals surface area contributed by atoms with Crippen molar-refractivity contribution in [3.05, 3.63) is 52.3 Å². The van der Waals surface area contributed by atoms with Crippen molar-refractivity contribution in [2.75, 3.05) is 6.26 Å². The molecule has 0 unspecified atom stereocenters. The molecule has 3 rings (SSSR count). The van der Waals surface area contributed by atoms with Gasteiger partial charge in [0.15, 0.2) is 9.84 Å². The van der Waals surface area contributed by atoms with Crippen molar-refractivity contribution in [2.45, 2.75) is 17.6 Å². The van der Waals surface area contributed by atoms with Crippen LogP contribution in [0.25, 0.3) is 10.9 Å². The Morgan fingerprint density at radius 1 is 1.24 bits per heavy atom. The van der Waals surface area contributed by atoms with Crippen LogP contribution in [0.5, 0.6) is 0 Å². The van der Waals surface area contributed by atoms with E-state index in [2.05, 4.69) is 4.98 Å². The molecule has 0 saturated heterocycles. The van der Waals surface area contributed by atoms with Crippen molar-refractivity contribution in [2.24, 2.45) is 0 Å². The summed E-state index contributed by atoms with van der Waals surface area (Å²) in [6.45, 7) is 1.94. The van der Waals surface area contributed by atoms with Gasteiger partial charge in [-0.25, -0.2) is 12.8 Å². The topological polar surface area (TPSA) is 49.9 Å². The third-order valence-electron chi connectivity index (χ3n) is 3.44. The summed E-state index contributed by atoms with van der Waals surface area (Å²) >= 11 is 1.26. The Morgan fingerprint density at radius 2 is 2.00 bits per heavy atom. The van der Waals surface area contributed by atoms with Crippen LogP contribution in [0.4, 0.5) is 4.39 Å². The number of nitrogens with one attached hydrogen (secondary N) is 1. The SMILES string of the molecule is Cc1[nH]c2ccc(F)cc2c1Cc1ccc(S(C)(=O)=O)s1. The lowest BCUT2D eigenvalue weighted by atomic mass is 10.1. The van der Waals surface area contributed by atoms with Crippen LogP contribution >= 0.6 is 11.3 Å². The van der Waals surface area contributed by atoms with E-state index in [0.717, 1.165) is 27.0 Å². The summed E-state index contributed by atoms with van der Waals surface area (Å²) in [5, 5.41) is 0.849. The number of aryl methyl sites for hydroxylation is 1. The second kappa shape index (κ2) is 4.96. The summed E-state index contributed by atoms with van der Waals surface area (Å²) in [6, 6.07) is 8.10. The number of thiophene rings is 1. The molecule has 3 aromatic rings. The number of H-pyrrole nitrogens is 1. The van der Waals surface area contributed by atoms with Crippen LogP contribution in [0.1, 0.15) is 16.1 Å². The van der Waals surface area contributed by atoms with E-state index in [4.69, 9.17) is 0 Å². The van der Waals surface area contributed by atoms with Crippen molar-refractivity contribution in [3.8, 4) is 0 Å². The van der Waals surface area contributed by atoms with Gasteiger partial charge in [-0.1, -0.05) is 0 Å². The molecule has 110 valence electrons. The van der Waals surface area contributed by atoms with Gasteiger partial charge in [-0.15, -0.1) is 11.3 Å². The maximum Gasteiger partial charge on any atom is 0.184 e. The molecule has 0 aliphatic heterocycles. The van der Waals surface area contributed by atoms with Gasteiger partial charge in [-0.3, -0.25) is 0 Å². The fraction of sp³-hybridized carbons (Fsp3) is 0.200. The molecule has 1 aromatic carbocycles. The van der Waals surface area contributed by atoms with E-state index < -0.39 is 9.84 Å². The molecule has 21 heavy (non-hydrogen) atoms. The van der Waals surface area contributed by atoms with Crippen LogP contribution in [-0.4, -0.2) is 19.7 Å². The number of fused-ring (bicyclic) bond motifs is 1. The van der Waals surface area contributed by atoms with Crippen LogP contribution in [-0.2, 0) is 16.3 Å². The smallest absolute Gasteiger partial charge is 0.184 e. The van der Waals surface area contributed by atoms with Gasteiger partial charge in [0.05, 0.1) is 0 Å². The Morgan fingerprint density at radius 3 is 2.67 bits per heavy atom. The summed E-state index contributed by atoms with van der Waals surface area (Å²) in [5.41, 5.74) is 2.88. The summed E-state index contributed by atoms with van der Waals surface area (Å²) in [6.07, 6.45) is 1.80. The van der Waals surface area contributed by atoms with E-state index in [1.54, 1.807) is 12.1 Å². The summed E-state index contributed by atoms with van der Waals surface area (Å²) < 4.78 is 36.9. The number of hydrogen-bond acceptors (Lipinski definition) is 3. The highest BCUT2D eigenvalue weighted by Gasteiger charge is 2.14. The van der Waals surface area contributed by atoms with E-state index in [1.807, 2.05) is 13.0 Å². The normalized spacial score (nSPS) is 12.1. The molecule has 0 spiro atoms. The molecular weight excluding hydrogens is 309 g/mol. The van der Waals surface area contributed by atoms with Crippen LogP contribution in [0.15, 0.2) is 34.5 Å². The van der Waals surface area contributed by atoms with Crippen molar-refractivity contribution < 1.29 is 12.8 Å². The number of hydrogen-bond donors (Lipinski definition) is 1. The quantitative estimate of drug-likeness (QED) is 0.799. The predicted molar refractivity (Wildman–Crippen MR) is 83.2 cm³/mol. The van der Waals surface area contributed by atoms with Crippen LogP contribution in [0, 0.1) is 12.7 Å². The van der Waals surface area contributed by atoms with Crippen molar-refractivity contribution in [3.63, 3.8) is 0 Å². The molecule has 0 aliphatic rings. The maximum absolute atomic E-state index is 13.4. The second-order valence-corrected chi connectivity index (χ2v) is 8.50. The molecule has 6 heteroatoms. The molecule has 0 bridgehead atoms. The van der Waals surface area contributed by atoms with Gasteiger partial charge in [0.2, 0.25) is 0 Å². The average Bonchev–Trinajstić information content (AvgIpc) is 2.96. The monoisotopic (exact) mass is 323 g/mol. The molecule has 0 aliphatic carbocycles. The van der Waals surface area contributed by atoms with Crippen molar-refractivity contribution in [1.82, 2.24) is 4.98 Å². The lowest BCUT2D eigenvalue weighted by molar-refractivity contribution is 0.604. The number of sulfone groups is 1. The third kappa shape index (κ3) is 2.73. The number of halogens is 1. The number of rotatable bonds is 3. The highest BCUT2D eigenvalue weighted by Crippen LogP contribution is 2.29. The molecule has 0 amide bonds. The highest BCUT2D eigenvalue weighted by atomic mass is 32.2. The molecule has 2 heterocycles. The van der Waals surface area contributed by atoms with E-state index in [1.165, 1.54) is 29.7 Å². The minimum Gasteiger partial charge on any atom is -0.358 e. The Bertz CT molecular complexity index is 922. The van der Waals surface area contributed by atoms with Gasteiger partial charge in [-0.05, 0) is 42.8 Å². The molecule has 2 aromatic heterocycles. The number of aromatic amines is 1. The molecule has 3 nitrogen and oxygen atoms in total. The largest absolute Gasteiger partial charge is 0.358 e. The van der Waals surface area contributed by atoms with Crippen molar-refractivity contribution >= 4 is 32.1 Å². The van der Waals surface area contributed by atoms with E-state index >= 15 is 0 Å². The van der Waals surface area contributed by atoms with Gasteiger partial charge in [-0.2, -0.15) is 0 Å². The minimum atomic E-state index is -3.17. The minimum absolute atomic E-state index is 0.272. The summed E-state index contributed by atoms with van der Waals surface area (Å²) in [5.74, 6) is -0.272. The zero-order chi connectivity index (χ0) is 15.2. The molecule has 0 radical (unpaired) electrons. The number of benzene rings is 1. The Balaban J connectivity index is 2.04. The highest BCUT2D eigenvalue weighted by molar-refractivity contribution is 7.92. The molecule has 0 fully saturated rings. The average molecular weight is 323 g/mol. The second-order valence-electron chi connectivity index (χ2n) is 5.09. The van der Waals surface area contributed by atoms with E-state index in [-0.39, 0.29) is 5.82 Å². The van der Waals surface area contributed by atoms with Gasteiger partial charge >= 0.3 is 0 Å². The number of aromatic nitrogens is 1.